The van der Waals surface area contributed by atoms with Crippen LogP contribution in [0, 0.1) is 0 Å². The maximum Gasteiger partial charge on any atom is 0.243 e. The third-order valence-corrected chi connectivity index (χ3v) is 2.30. The van der Waals surface area contributed by atoms with E-state index >= 15 is 0 Å². The van der Waals surface area contributed by atoms with Gasteiger partial charge in [-0.1, -0.05) is 0 Å². The van der Waals surface area contributed by atoms with Crippen LogP contribution in [-0.4, -0.2) is 53.7 Å². The van der Waals surface area contributed by atoms with Gasteiger partial charge in [-0.25, -0.2) is 0 Å². The van der Waals surface area contributed by atoms with E-state index in [1.54, 1.807) is 0 Å². The van der Waals surface area contributed by atoms with Gasteiger partial charge in [0.25, 0.3) is 0 Å². The zero-order chi connectivity index (χ0) is 8.27. The Morgan fingerprint density at radius 3 is 3.00 bits per heavy atom. The van der Waals surface area contributed by atoms with Crippen molar-refractivity contribution in [1.29, 1.82) is 0 Å². The molecule has 0 spiro atoms. The van der Waals surface area contributed by atoms with Crippen LogP contribution in [0.2, 0.25) is 0 Å². The molecule has 0 aromatic carbocycles. The van der Waals surface area contributed by atoms with E-state index in [1.165, 1.54) is 12.3 Å². The molecule has 0 bridgehead atoms. The van der Waals surface area contributed by atoms with Gasteiger partial charge in [-0.15, -0.1) is 0 Å². The summed E-state index contributed by atoms with van der Waals surface area (Å²) in [6.45, 7) is 5.38. The van der Waals surface area contributed by atoms with Crippen LogP contribution in [0.3, 0.4) is 0 Å². The number of rotatable bonds is 2. The second kappa shape index (κ2) is 3.72. The van der Waals surface area contributed by atoms with E-state index in [2.05, 4.69) is 23.4 Å². The summed E-state index contributed by atoms with van der Waals surface area (Å²) in [7, 11) is 2.10. The highest BCUT2D eigenvalue weighted by atomic mass is 16.3. The van der Waals surface area contributed by atoms with Gasteiger partial charge in [-0.2, -0.15) is 0 Å². The Morgan fingerprint density at radius 1 is 1.64 bits per heavy atom. The van der Waals surface area contributed by atoms with Crippen molar-refractivity contribution in [3.05, 3.63) is 0 Å². The zero-order valence-corrected chi connectivity index (χ0v) is 7.38. The second-order valence-electron chi connectivity index (χ2n) is 3.03. The first-order valence-electron chi connectivity index (χ1n) is 4.16. The van der Waals surface area contributed by atoms with Gasteiger partial charge in [0.1, 0.15) is 6.54 Å². The maximum absolute atomic E-state index is 8.75. The number of amidine groups is 1. The van der Waals surface area contributed by atoms with Crippen molar-refractivity contribution < 1.29 is 9.68 Å². The van der Waals surface area contributed by atoms with Gasteiger partial charge in [0.2, 0.25) is 5.84 Å². The van der Waals surface area contributed by atoms with E-state index in [0.29, 0.717) is 0 Å². The van der Waals surface area contributed by atoms with Crippen molar-refractivity contribution in [3.8, 4) is 0 Å². The number of aliphatic hydroxyl groups excluding tert-OH is 1. The molecule has 0 aromatic heterocycles. The summed E-state index contributed by atoms with van der Waals surface area (Å²) in [5.41, 5.74) is 0. The van der Waals surface area contributed by atoms with Crippen molar-refractivity contribution in [2.24, 2.45) is 0 Å². The summed E-state index contributed by atoms with van der Waals surface area (Å²) in [5, 5.41) is 8.75. The summed E-state index contributed by atoms with van der Waals surface area (Å²) in [6.07, 6.45) is 1.20. The molecule has 0 amide bonds. The maximum atomic E-state index is 8.75. The van der Waals surface area contributed by atoms with Crippen LogP contribution in [0.4, 0.5) is 0 Å². The van der Waals surface area contributed by atoms with E-state index in [9.17, 15) is 0 Å². The molecule has 64 valence electrons. The molecule has 0 saturated heterocycles. The summed E-state index contributed by atoms with van der Waals surface area (Å²) >= 11 is 0. The van der Waals surface area contributed by atoms with Crippen LogP contribution in [0.15, 0.2) is 0 Å². The molecule has 1 aliphatic rings. The van der Waals surface area contributed by atoms with Gasteiger partial charge in [-0.3, -0.25) is 9.48 Å². The minimum Gasteiger partial charge on any atom is -0.392 e. The summed E-state index contributed by atoms with van der Waals surface area (Å²) in [6, 6.07) is 0. The first-order valence-corrected chi connectivity index (χ1v) is 4.16. The molecule has 1 heterocycles. The molecule has 3 nitrogen and oxygen atoms in total. The third kappa shape index (κ3) is 1.93. The van der Waals surface area contributed by atoms with Crippen molar-refractivity contribution in [1.82, 2.24) is 4.90 Å². The van der Waals surface area contributed by atoms with E-state index in [4.69, 9.17) is 5.11 Å². The Balaban J connectivity index is 2.58. The highest BCUT2D eigenvalue weighted by Crippen LogP contribution is 2.00. The number of hydrogen-bond donors (Lipinski definition) is 1. The Morgan fingerprint density at radius 2 is 2.36 bits per heavy atom. The molecule has 1 aliphatic heterocycles. The quantitative estimate of drug-likeness (QED) is 0.559. The Hall–Kier alpha value is -0.570. The smallest absolute Gasteiger partial charge is 0.243 e. The van der Waals surface area contributed by atoms with Crippen LogP contribution in [0.1, 0.15) is 13.3 Å². The van der Waals surface area contributed by atoms with Gasteiger partial charge in [0.15, 0.2) is 0 Å². The van der Waals surface area contributed by atoms with Gasteiger partial charge in [0.05, 0.1) is 26.7 Å². The van der Waals surface area contributed by atoms with E-state index in [-0.39, 0.29) is 6.61 Å². The fraction of sp³-hybridized carbons (Fsp3) is 0.875. The van der Waals surface area contributed by atoms with Gasteiger partial charge < -0.3 is 5.11 Å². The topological polar surface area (TPSA) is 26.5 Å². The predicted octanol–water partition coefficient (Wildman–Crippen LogP) is -0.255. The summed E-state index contributed by atoms with van der Waals surface area (Å²) < 4.78 is 2.24. The minimum atomic E-state index is 0.255. The average molecular weight is 157 g/mol. The van der Waals surface area contributed by atoms with E-state index in [1.807, 2.05) is 0 Å². The summed E-state index contributed by atoms with van der Waals surface area (Å²) in [4.78, 5) is 2.23. The first kappa shape index (κ1) is 8.53. The average Bonchev–Trinajstić information content (AvgIpc) is 1.99. The molecule has 1 N–H and O–H groups in total. The minimum absolute atomic E-state index is 0.255. The first-order chi connectivity index (χ1) is 5.25. The monoisotopic (exact) mass is 157 g/mol. The number of nitrogens with zero attached hydrogens (tertiary/aromatic N) is 2. The molecular formula is C8H17N2O+. The Bertz CT molecular complexity index is 165. The van der Waals surface area contributed by atoms with Gasteiger partial charge in [-0.05, 0) is 0 Å². The van der Waals surface area contributed by atoms with Crippen LogP contribution >= 0.6 is 0 Å². The lowest BCUT2D eigenvalue weighted by molar-refractivity contribution is -0.509. The van der Waals surface area contributed by atoms with E-state index in [0.717, 1.165) is 19.6 Å². The van der Waals surface area contributed by atoms with Crippen molar-refractivity contribution in [3.63, 3.8) is 0 Å². The zero-order valence-electron chi connectivity index (χ0n) is 7.38. The lowest BCUT2D eigenvalue weighted by atomic mass is 10.3. The lowest BCUT2D eigenvalue weighted by Crippen LogP contribution is -2.42. The lowest BCUT2D eigenvalue weighted by Gasteiger charge is -2.22. The van der Waals surface area contributed by atoms with Gasteiger partial charge >= 0.3 is 0 Å². The molecule has 11 heavy (non-hydrogen) atoms. The molecule has 0 unspecified atom stereocenters. The largest absolute Gasteiger partial charge is 0.392 e. The second-order valence-corrected chi connectivity index (χ2v) is 3.03. The van der Waals surface area contributed by atoms with Crippen LogP contribution in [-0.2, 0) is 0 Å². The highest BCUT2D eigenvalue weighted by Gasteiger charge is 2.20. The Labute approximate surface area is 67.9 Å². The van der Waals surface area contributed by atoms with Crippen molar-refractivity contribution >= 4 is 5.84 Å². The SMILES string of the molecule is CC1=[N+](C)CCCN1CCO. The molecular weight excluding hydrogens is 140 g/mol. The van der Waals surface area contributed by atoms with Crippen LogP contribution in [0.5, 0.6) is 0 Å². The summed E-state index contributed by atoms with van der Waals surface area (Å²) in [5.74, 6) is 1.28. The normalized spacial score (nSPS) is 19.4. The highest BCUT2D eigenvalue weighted by molar-refractivity contribution is 5.74. The molecule has 0 aromatic rings. The predicted molar refractivity (Wildman–Crippen MR) is 45.0 cm³/mol. The number of hydrogen-bond acceptors (Lipinski definition) is 2. The molecule has 0 fully saturated rings. The van der Waals surface area contributed by atoms with Crippen LogP contribution in [0.25, 0.3) is 0 Å². The van der Waals surface area contributed by atoms with E-state index < -0.39 is 0 Å². The van der Waals surface area contributed by atoms with Crippen molar-refractivity contribution in [2.75, 3.05) is 33.3 Å². The molecule has 0 aliphatic carbocycles. The fourth-order valence-electron chi connectivity index (χ4n) is 1.46. The molecule has 0 saturated carbocycles. The van der Waals surface area contributed by atoms with Crippen molar-refractivity contribution in [2.45, 2.75) is 13.3 Å². The molecule has 0 radical (unpaired) electrons. The van der Waals surface area contributed by atoms with Crippen LogP contribution < -0.4 is 0 Å². The van der Waals surface area contributed by atoms with Gasteiger partial charge in [0, 0.05) is 13.3 Å². The Kier molecular flexibility index (Phi) is 2.88. The number of aliphatic hydroxyl groups is 1. The fourth-order valence-corrected chi connectivity index (χ4v) is 1.46. The molecule has 3 heteroatoms. The molecule has 0 atom stereocenters. The molecule has 1 rings (SSSR count). The number of β-amino-alcohol motifs (C(OH)–C–C–N with tert-alkyl or cyclic N) is 1. The third-order valence-electron chi connectivity index (χ3n) is 2.30. The standard InChI is InChI=1S/C8H17N2O/c1-8-9(2)4-3-5-10(8)6-7-11/h11H,3-7H2,1-2H3/q+1.